The number of aliphatic hydroxyl groups is 1. The van der Waals surface area contributed by atoms with Crippen LogP contribution in [0, 0.1) is 5.92 Å². The minimum absolute atomic E-state index is 0.0717. The van der Waals surface area contributed by atoms with Gasteiger partial charge < -0.3 is 14.6 Å². The first-order valence-electron chi connectivity index (χ1n) is 8.44. The number of carbonyl (C=O) groups is 2. The molecule has 0 saturated heterocycles. The van der Waals surface area contributed by atoms with Gasteiger partial charge >= 0.3 is 11.9 Å². The molecule has 0 radical (unpaired) electrons. The summed E-state index contributed by atoms with van der Waals surface area (Å²) >= 11 is 0. The minimum atomic E-state index is -0.675. The van der Waals surface area contributed by atoms with E-state index in [1.54, 1.807) is 0 Å². The first-order valence-corrected chi connectivity index (χ1v) is 8.44. The van der Waals surface area contributed by atoms with Crippen LogP contribution in [0.1, 0.15) is 52.5 Å². The lowest BCUT2D eigenvalue weighted by Crippen LogP contribution is -2.26. The van der Waals surface area contributed by atoms with Crippen molar-refractivity contribution >= 4 is 11.9 Å². The quantitative estimate of drug-likeness (QED) is 0.735. The summed E-state index contributed by atoms with van der Waals surface area (Å²) in [5, 5.41) is 8.69. The summed E-state index contributed by atoms with van der Waals surface area (Å²) in [6.45, 7) is 7.62. The van der Waals surface area contributed by atoms with Crippen molar-refractivity contribution in [3.05, 3.63) is 35.9 Å². The van der Waals surface area contributed by atoms with Gasteiger partial charge in [-0.3, -0.25) is 4.79 Å². The predicted molar refractivity (Wildman–Crippen MR) is 93.2 cm³/mol. The molecule has 0 aliphatic rings. The second kappa shape index (κ2) is 13.5. The third kappa shape index (κ3) is 10.8. The van der Waals surface area contributed by atoms with Crippen molar-refractivity contribution in [3.63, 3.8) is 0 Å². The summed E-state index contributed by atoms with van der Waals surface area (Å²) in [5.41, 5.74) is 0.929. The first-order chi connectivity index (χ1) is 11.4. The minimum Gasteiger partial charge on any atom is -0.461 e. The van der Waals surface area contributed by atoms with E-state index in [4.69, 9.17) is 14.6 Å². The molecule has 1 rings (SSSR count). The van der Waals surface area contributed by atoms with Crippen molar-refractivity contribution in [2.75, 3.05) is 6.61 Å². The van der Waals surface area contributed by atoms with Crippen LogP contribution >= 0.6 is 0 Å². The topological polar surface area (TPSA) is 72.8 Å². The van der Waals surface area contributed by atoms with Crippen molar-refractivity contribution in [2.24, 2.45) is 5.92 Å². The Balaban J connectivity index is 0.00000163. The highest BCUT2D eigenvalue weighted by Gasteiger charge is 2.19. The lowest BCUT2D eigenvalue weighted by Gasteiger charge is -2.20. The maximum atomic E-state index is 11.7. The lowest BCUT2D eigenvalue weighted by molar-refractivity contribution is -0.157. The zero-order valence-electron chi connectivity index (χ0n) is 15.2. The van der Waals surface area contributed by atoms with E-state index in [2.05, 4.69) is 13.8 Å². The molecule has 1 aromatic carbocycles. The van der Waals surface area contributed by atoms with E-state index in [9.17, 15) is 9.59 Å². The average Bonchev–Trinajstić information content (AvgIpc) is 2.57. The smallest absolute Gasteiger partial charge is 0.332 e. The molecule has 1 aromatic rings. The third-order valence-corrected chi connectivity index (χ3v) is 3.03. The molecule has 24 heavy (non-hydrogen) atoms. The zero-order valence-corrected chi connectivity index (χ0v) is 15.2. The van der Waals surface area contributed by atoms with E-state index in [-0.39, 0.29) is 24.9 Å². The maximum Gasteiger partial charge on any atom is 0.332 e. The Morgan fingerprint density at radius 1 is 1.08 bits per heavy atom. The largest absolute Gasteiger partial charge is 0.461 e. The fourth-order valence-corrected chi connectivity index (χ4v) is 1.80. The van der Waals surface area contributed by atoms with Gasteiger partial charge in [-0.2, -0.15) is 0 Å². The van der Waals surface area contributed by atoms with Crippen LogP contribution in [0.4, 0.5) is 0 Å². The van der Waals surface area contributed by atoms with Crippen LogP contribution in [0.25, 0.3) is 0 Å². The van der Waals surface area contributed by atoms with Crippen molar-refractivity contribution in [3.8, 4) is 0 Å². The van der Waals surface area contributed by atoms with Crippen LogP contribution in [0.5, 0.6) is 0 Å². The Hall–Kier alpha value is -1.88. The Kier molecular flexibility index (Phi) is 12.5. The highest BCUT2D eigenvalue weighted by atomic mass is 16.6. The molecule has 0 spiro atoms. The van der Waals surface area contributed by atoms with Gasteiger partial charge in [0.2, 0.25) is 0 Å². The number of rotatable bonds is 8. The number of ether oxygens (including phenoxy) is 2. The molecule has 0 aliphatic heterocycles. The van der Waals surface area contributed by atoms with E-state index in [1.165, 1.54) is 6.42 Å². The van der Waals surface area contributed by atoms with Gasteiger partial charge in [0.25, 0.3) is 0 Å². The number of hydrogen-bond donors (Lipinski definition) is 1. The van der Waals surface area contributed by atoms with Gasteiger partial charge in [-0.1, -0.05) is 64.4 Å². The zero-order chi connectivity index (χ0) is 18.4. The molecule has 5 heteroatoms. The molecule has 0 aromatic heterocycles. The molecule has 1 unspecified atom stereocenters. The monoisotopic (exact) mass is 338 g/mol. The number of carbonyl (C=O) groups excluding carboxylic acids is 2. The highest BCUT2D eigenvalue weighted by molar-refractivity contribution is 5.71. The molecule has 0 heterocycles. The molecule has 0 bridgehead atoms. The number of esters is 2. The summed E-state index contributed by atoms with van der Waals surface area (Å²) in [7, 11) is 0. The Morgan fingerprint density at radius 3 is 2.17 bits per heavy atom. The second-order valence-corrected chi connectivity index (χ2v) is 5.82. The Bertz CT molecular complexity index is 456. The average molecular weight is 338 g/mol. The second-order valence-electron chi connectivity index (χ2n) is 5.82. The Labute approximate surface area is 145 Å². The van der Waals surface area contributed by atoms with E-state index < -0.39 is 18.7 Å². The van der Waals surface area contributed by atoms with Crippen LogP contribution in [-0.4, -0.2) is 29.8 Å². The molecule has 0 fully saturated rings. The molecule has 1 N–H and O–H groups in total. The molecule has 0 aliphatic carbocycles. The normalized spacial score (nSPS) is 11.2. The molecular weight excluding hydrogens is 308 g/mol. The standard InChI is InChI=1S/C16H22O5.C3H8/c1-12(2)14(21-16(19)10-17)8-9-15(18)20-11-13-6-4-3-5-7-13;1-3-2/h3-7,12,14,17H,8-11H2,1-2H3;3H2,1-2H3. The van der Waals surface area contributed by atoms with Crippen LogP contribution < -0.4 is 0 Å². The van der Waals surface area contributed by atoms with Gasteiger partial charge in [-0.25, -0.2) is 4.79 Å². The van der Waals surface area contributed by atoms with E-state index in [0.717, 1.165) is 5.56 Å². The third-order valence-electron chi connectivity index (χ3n) is 3.03. The van der Waals surface area contributed by atoms with E-state index in [1.807, 2.05) is 44.2 Å². The Morgan fingerprint density at radius 2 is 1.67 bits per heavy atom. The molecule has 0 amide bonds. The van der Waals surface area contributed by atoms with Gasteiger partial charge in [0, 0.05) is 6.42 Å². The van der Waals surface area contributed by atoms with E-state index >= 15 is 0 Å². The van der Waals surface area contributed by atoms with Gasteiger partial charge in [0.05, 0.1) is 0 Å². The summed E-state index contributed by atoms with van der Waals surface area (Å²) in [6.07, 6.45) is 1.42. The van der Waals surface area contributed by atoms with Gasteiger partial charge in [-0.05, 0) is 17.9 Å². The fourth-order valence-electron chi connectivity index (χ4n) is 1.80. The summed E-state index contributed by atoms with van der Waals surface area (Å²) in [5.74, 6) is -0.932. The summed E-state index contributed by atoms with van der Waals surface area (Å²) in [6, 6.07) is 9.42. The number of aliphatic hydroxyl groups excluding tert-OH is 1. The highest BCUT2D eigenvalue weighted by Crippen LogP contribution is 2.14. The van der Waals surface area contributed by atoms with Crippen molar-refractivity contribution in [2.45, 2.75) is 59.7 Å². The molecule has 136 valence electrons. The fraction of sp³-hybridized carbons (Fsp3) is 0.579. The van der Waals surface area contributed by atoms with Crippen molar-refractivity contribution in [1.29, 1.82) is 0 Å². The van der Waals surface area contributed by atoms with Crippen LogP contribution in [0.15, 0.2) is 30.3 Å². The summed E-state index contributed by atoms with van der Waals surface area (Å²) < 4.78 is 10.2. The maximum absolute atomic E-state index is 11.7. The first kappa shape index (κ1) is 22.1. The number of hydrogen-bond acceptors (Lipinski definition) is 5. The van der Waals surface area contributed by atoms with Gasteiger partial charge in [0.15, 0.2) is 0 Å². The van der Waals surface area contributed by atoms with Crippen molar-refractivity contribution < 1.29 is 24.2 Å². The van der Waals surface area contributed by atoms with Crippen LogP contribution in [-0.2, 0) is 25.7 Å². The van der Waals surface area contributed by atoms with E-state index in [0.29, 0.717) is 6.42 Å². The van der Waals surface area contributed by atoms with Crippen molar-refractivity contribution in [1.82, 2.24) is 0 Å². The molecule has 5 nitrogen and oxygen atoms in total. The number of benzene rings is 1. The van der Waals surface area contributed by atoms with Crippen LogP contribution in [0.3, 0.4) is 0 Å². The van der Waals surface area contributed by atoms with Gasteiger partial charge in [-0.15, -0.1) is 0 Å². The molecule has 0 saturated carbocycles. The van der Waals surface area contributed by atoms with Crippen LogP contribution in [0.2, 0.25) is 0 Å². The predicted octanol–water partition coefficient (Wildman–Crippen LogP) is 3.49. The SMILES string of the molecule is CC(C)C(CCC(=O)OCc1ccccc1)OC(=O)CO.CCC. The van der Waals surface area contributed by atoms with Gasteiger partial charge in [0.1, 0.15) is 19.3 Å². The molecular formula is C19H30O5. The summed E-state index contributed by atoms with van der Waals surface area (Å²) in [4.78, 5) is 22.8. The lowest BCUT2D eigenvalue weighted by atomic mass is 10.0. The molecule has 1 atom stereocenters.